The lowest BCUT2D eigenvalue weighted by Gasteiger charge is -2.34. The first-order chi connectivity index (χ1) is 11.9. The Hall–Kier alpha value is -2.53. The minimum absolute atomic E-state index is 0.412. The summed E-state index contributed by atoms with van der Waals surface area (Å²) in [4.78, 5) is 11.6. The summed E-state index contributed by atoms with van der Waals surface area (Å²) in [5, 5.41) is 7.24. The predicted molar refractivity (Wildman–Crippen MR) is 93.1 cm³/mol. The molecule has 0 spiro atoms. The molecule has 0 aliphatic carbocycles. The summed E-state index contributed by atoms with van der Waals surface area (Å²) in [6, 6.07) is 12.6. The number of aromatic nitrogens is 4. The molecule has 1 unspecified atom stereocenters. The van der Waals surface area contributed by atoms with Gasteiger partial charge in [0.2, 0.25) is 0 Å². The molecular formula is C19H21N5. The number of hydrogen-bond donors (Lipinski definition) is 1. The van der Waals surface area contributed by atoms with Crippen molar-refractivity contribution in [2.24, 2.45) is 0 Å². The maximum atomic E-state index is 4.54. The van der Waals surface area contributed by atoms with E-state index in [-0.39, 0.29) is 0 Å². The van der Waals surface area contributed by atoms with Gasteiger partial charge in [-0.15, -0.1) is 0 Å². The van der Waals surface area contributed by atoms with Crippen LogP contribution in [0.4, 0.5) is 0 Å². The van der Waals surface area contributed by atoms with E-state index in [4.69, 9.17) is 0 Å². The zero-order chi connectivity index (χ0) is 16.2. The molecular weight excluding hydrogens is 298 g/mol. The topological polar surface area (TPSA) is 57.7 Å². The highest BCUT2D eigenvalue weighted by molar-refractivity contribution is 5.53. The summed E-state index contributed by atoms with van der Waals surface area (Å²) in [5.41, 5.74) is 3.41. The Labute approximate surface area is 141 Å². The van der Waals surface area contributed by atoms with Crippen LogP contribution in [0.1, 0.15) is 36.6 Å². The second-order valence-electron chi connectivity index (χ2n) is 6.27. The number of piperidine rings is 1. The molecule has 24 heavy (non-hydrogen) atoms. The van der Waals surface area contributed by atoms with Gasteiger partial charge in [-0.05, 0) is 25.5 Å². The van der Waals surface area contributed by atoms with Gasteiger partial charge in [-0.1, -0.05) is 36.8 Å². The minimum Gasteiger partial charge on any atom is -0.290 e. The molecule has 0 bridgehead atoms. The van der Waals surface area contributed by atoms with E-state index in [2.05, 4.69) is 31.1 Å². The molecule has 1 fully saturated rings. The summed E-state index contributed by atoms with van der Waals surface area (Å²) in [7, 11) is 0. The highest BCUT2D eigenvalue weighted by Gasteiger charge is 2.25. The zero-order valence-electron chi connectivity index (χ0n) is 13.6. The molecule has 1 N–H and O–H groups in total. The second kappa shape index (κ2) is 6.93. The lowest BCUT2D eigenvalue weighted by molar-refractivity contribution is 0.137. The fourth-order valence-electron chi connectivity index (χ4n) is 3.39. The molecule has 0 amide bonds. The first-order valence-electron chi connectivity index (χ1n) is 8.50. The zero-order valence-corrected chi connectivity index (χ0v) is 13.6. The number of nitrogens with one attached hydrogen (secondary N) is 1. The number of benzene rings is 1. The molecule has 5 heteroatoms. The monoisotopic (exact) mass is 319 g/mol. The van der Waals surface area contributed by atoms with Gasteiger partial charge in [0.05, 0.1) is 11.7 Å². The molecule has 1 saturated heterocycles. The Morgan fingerprint density at radius 2 is 1.88 bits per heavy atom. The third kappa shape index (κ3) is 3.21. The standard InChI is InChI=1S/C19H21N5/c1-2-6-16(7-3-1)19-20-12-15(13-21-19)14-24-11-5-4-8-18(24)17-9-10-22-23-17/h1-3,6-7,9-10,12-13,18H,4-5,8,11,14H2,(H,22,23). The van der Waals surface area contributed by atoms with Gasteiger partial charge in [0.25, 0.3) is 0 Å². The van der Waals surface area contributed by atoms with Gasteiger partial charge in [-0.2, -0.15) is 5.10 Å². The summed E-state index contributed by atoms with van der Waals surface area (Å²) in [6.45, 7) is 1.98. The summed E-state index contributed by atoms with van der Waals surface area (Å²) >= 11 is 0. The van der Waals surface area contributed by atoms with Crippen LogP contribution in [-0.4, -0.2) is 31.6 Å². The van der Waals surface area contributed by atoms with Crippen molar-refractivity contribution >= 4 is 0 Å². The van der Waals surface area contributed by atoms with E-state index in [0.29, 0.717) is 6.04 Å². The molecule has 0 saturated carbocycles. The van der Waals surface area contributed by atoms with Crippen molar-refractivity contribution < 1.29 is 0 Å². The minimum atomic E-state index is 0.412. The number of nitrogens with zero attached hydrogens (tertiary/aromatic N) is 4. The van der Waals surface area contributed by atoms with Crippen LogP contribution in [0, 0.1) is 0 Å². The highest BCUT2D eigenvalue weighted by Crippen LogP contribution is 2.30. The van der Waals surface area contributed by atoms with Crippen LogP contribution in [0.5, 0.6) is 0 Å². The van der Waals surface area contributed by atoms with E-state index in [1.54, 1.807) is 0 Å². The molecule has 0 radical (unpaired) electrons. The Morgan fingerprint density at radius 1 is 1.04 bits per heavy atom. The van der Waals surface area contributed by atoms with Gasteiger partial charge >= 0.3 is 0 Å². The van der Waals surface area contributed by atoms with Gasteiger partial charge < -0.3 is 0 Å². The van der Waals surface area contributed by atoms with Crippen LogP contribution in [-0.2, 0) is 6.54 Å². The molecule has 1 atom stereocenters. The van der Waals surface area contributed by atoms with Crippen molar-refractivity contribution in [1.29, 1.82) is 0 Å². The van der Waals surface area contributed by atoms with E-state index in [1.165, 1.54) is 25.0 Å². The molecule has 3 heterocycles. The van der Waals surface area contributed by atoms with Crippen LogP contribution in [0.2, 0.25) is 0 Å². The van der Waals surface area contributed by atoms with E-state index in [9.17, 15) is 0 Å². The molecule has 2 aromatic heterocycles. The van der Waals surface area contributed by atoms with Gasteiger partial charge in [0.15, 0.2) is 5.82 Å². The molecule has 5 nitrogen and oxygen atoms in total. The van der Waals surface area contributed by atoms with Gasteiger partial charge in [-0.3, -0.25) is 10.00 Å². The van der Waals surface area contributed by atoms with E-state index < -0.39 is 0 Å². The molecule has 3 aromatic rings. The van der Waals surface area contributed by atoms with Gasteiger partial charge in [0.1, 0.15) is 0 Å². The first-order valence-corrected chi connectivity index (χ1v) is 8.50. The lowest BCUT2D eigenvalue weighted by Crippen LogP contribution is -2.33. The molecule has 122 valence electrons. The van der Waals surface area contributed by atoms with Crippen LogP contribution >= 0.6 is 0 Å². The lowest BCUT2D eigenvalue weighted by atomic mass is 9.99. The second-order valence-corrected chi connectivity index (χ2v) is 6.27. The summed E-state index contributed by atoms with van der Waals surface area (Å²) in [5.74, 6) is 0.781. The average Bonchev–Trinajstić information content (AvgIpc) is 3.18. The normalized spacial score (nSPS) is 18.6. The SMILES string of the molecule is c1ccc(-c2ncc(CN3CCCCC3c3ccn[nH]3)cn2)cc1. The van der Waals surface area contributed by atoms with E-state index in [0.717, 1.165) is 30.0 Å². The number of likely N-dealkylation sites (tertiary alicyclic amines) is 1. The fraction of sp³-hybridized carbons (Fsp3) is 0.316. The quantitative estimate of drug-likeness (QED) is 0.798. The Kier molecular flexibility index (Phi) is 4.34. The third-order valence-electron chi connectivity index (χ3n) is 4.62. The van der Waals surface area contributed by atoms with Crippen LogP contribution < -0.4 is 0 Å². The van der Waals surface area contributed by atoms with Gasteiger partial charge in [0, 0.05) is 36.3 Å². The Morgan fingerprint density at radius 3 is 2.62 bits per heavy atom. The van der Waals surface area contributed by atoms with Crippen LogP contribution in [0.25, 0.3) is 11.4 Å². The predicted octanol–water partition coefficient (Wildman–Crippen LogP) is 3.59. The molecule has 1 aromatic carbocycles. The number of rotatable bonds is 4. The molecule has 1 aliphatic heterocycles. The Balaban J connectivity index is 1.50. The summed E-state index contributed by atoms with van der Waals surface area (Å²) < 4.78 is 0. The molecule has 1 aliphatic rings. The fourth-order valence-corrected chi connectivity index (χ4v) is 3.39. The van der Waals surface area contributed by atoms with Crippen molar-refractivity contribution in [2.45, 2.75) is 31.8 Å². The van der Waals surface area contributed by atoms with Crippen molar-refractivity contribution in [2.75, 3.05) is 6.54 Å². The largest absolute Gasteiger partial charge is 0.290 e. The molecule has 4 rings (SSSR count). The smallest absolute Gasteiger partial charge is 0.159 e. The van der Waals surface area contributed by atoms with Crippen molar-refractivity contribution in [1.82, 2.24) is 25.1 Å². The number of aromatic amines is 1. The maximum Gasteiger partial charge on any atom is 0.159 e. The number of H-pyrrole nitrogens is 1. The first kappa shape index (κ1) is 15.0. The van der Waals surface area contributed by atoms with Crippen molar-refractivity contribution in [3.8, 4) is 11.4 Å². The van der Waals surface area contributed by atoms with Crippen LogP contribution in [0.3, 0.4) is 0 Å². The van der Waals surface area contributed by atoms with Crippen molar-refractivity contribution in [3.05, 3.63) is 66.2 Å². The van der Waals surface area contributed by atoms with Gasteiger partial charge in [-0.25, -0.2) is 9.97 Å². The van der Waals surface area contributed by atoms with E-state index >= 15 is 0 Å². The average molecular weight is 319 g/mol. The van der Waals surface area contributed by atoms with Crippen LogP contribution in [0.15, 0.2) is 55.0 Å². The summed E-state index contributed by atoms with van der Waals surface area (Å²) in [6.07, 6.45) is 9.42. The highest BCUT2D eigenvalue weighted by atomic mass is 15.2. The number of hydrogen-bond acceptors (Lipinski definition) is 4. The van der Waals surface area contributed by atoms with E-state index in [1.807, 2.05) is 48.9 Å². The maximum absolute atomic E-state index is 4.54. The van der Waals surface area contributed by atoms with Crippen molar-refractivity contribution in [3.63, 3.8) is 0 Å². The third-order valence-corrected chi connectivity index (χ3v) is 4.62. The Bertz CT molecular complexity index is 752.